The fourth-order valence-electron chi connectivity index (χ4n) is 2.46. The molecule has 1 unspecified atom stereocenters. The first-order valence-electron chi connectivity index (χ1n) is 5.65. The van der Waals surface area contributed by atoms with Crippen LogP contribution in [0, 0.1) is 0 Å². The summed E-state index contributed by atoms with van der Waals surface area (Å²) < 4.78 is 1.20. The molecule has 0 N–H and O–H groups in total. The minimum absolute atomic E-state index is 0.872. The Bertz CT molecular complexity index is 154. The van der Waals surface area contributed by atoms with Crippen LogP contribution in [-0.2, 0) is 0 Å². The van der Waals surface area contributed by atoms with Gasteiger partial charge in [-0.1, -0.05) is 20.3 Å². The van der Waals surface area contributed by atoms with Crippen molar-refractivity contribution in [1.82, 2.24) is 4.90 Å². The van der Waals surface area contributed by atoms with Crippen LogP contribution >= 0.6 is 0 Å². The number of quaternary nitrogens is 1. The summed E-state index contributed by atoms with van der Waals surface area (Å²) in [6.07, 6.45) is 4.00. The second-order valence-corrected chi connectivity index (χ2v) is 4.94. The van der Waals surface area contributed by atoms with Crippen molar-refractivity contribution in [1.29, 1.82) is 0 Å². The molecule has 0 radical (unpaired) electrons. The molecule has 0 aromatic rings. The molecule has 1 aliphatic rings. The van der Waals surface area contributed by atoms with Crippen LogP contribution in [-0.4, -0.2) is 49.3 Å². The number of nitrogens with zero attached hydrogens (tertiary/aromatic N) is 2. The van der Waals surface area contributed by atoms with Gasteiger partial charge in [-0.3, -0.25) is 4.90 Å². The van der Waals surface area contributed by atoms with Gasteiger partial charge < -0.3 is 4.48 Å². The molecule has 0 amide bonds. The number of rotatable bonds is 4. The molecular formula is C11H25N2+. The topological polar surface area (TPSA) is 3.24 Å². The van der Waals surface area contributed by atoms with E-state index in [9.17, 15) is 0 Å². The van der Waals surface area contributed by atoms with Gasteiger partial charge in [-0.2, -0.15) is 0 Å². The average molecular weight is 185 g/mol. The normalized spacial score (nSPS) is 28.2. The van der Waals surface area contributed by atoms with Gasteiger partial charge in [-0.05, 0) is 6.42 Å². The van der Waals surface area contributed by atoms with Gasteiger partial charge in [-0.15, -0.1) is 0 Å². The van der Waals surface area contributed by atoms with E-state index in [-0.39, 0.29) is 0 Å². The minimum atomic E-state index is 0.872. The highest BCUT2D eigenvalue weighted by Gasteiger charge is 2.37. The highest BCUT2D eigenvalue weighted by Crippen LogP contribution is 2.22. The summed E-state index contributed by atoms with van der Waals surface area (Å²) in [5.41, 5.74) is 0. The molecular weight excluding hydrogens is 160 g/mol. The van der Waals surface area contributed by atoms with E-state index in [0.29, 0.717) is 0 Å². The third-order valence-corrected chi connectivity index (χ3v) is 3.18. The molecule has 0 aromatic carbocycles. The van der Waals surface area contributed by atoms with Crippen LogP contribution in [0.1, 0.15) is 33.1 Å². The van der Waals surface area contributed by atoms with Crippen LogP contribution < -0.4 is 0 Å². The van der Waals surface area contributed by atoms with Crippen molar-refractivity contribution in [3.63, 3.8) is 0 Å². The van der Waals surface area contributed by atoms with Crippen molar-refractivity contribution in [2.24, 2.45) is 0 Å². The molecule has 1 atom stereocenters. The van der Waals surface area contributed by atoms with Gasteiger partial charge in [0.05, 0.1) is 20.6 Å². The standard InChI is InChI=1S/C11H25N2/c1-5-7-11-9-12(8-6-2)10-13(11,3)4/h11H,5-10H2,1-4H3/q+1. The Labute approximate surface area is 83.1 Å². The van der Waals surface area contributed by atoms with Crippen molar-refractivity contribution < 1.29 is 4.48 Å². The van der Waals surface area contributed by atoms with Crippen LogP contribution in [0.25, 0.3) is 0 Å². The maximum atomic E-state index is 2.61. The summed E-state index contributed by atoms with van der Waals surface area (Å²) in [5, 5.41) is 0. The Hall–Kier alpha value is -0.0800. The molecule has 1 saturated heterocycles. The summed E-state index contributed by atoms with van der Waals surface area (Å²) in [6, 6.07) is 0.872. The van der Waals surface area contributed by atoms with Crippen molar-refractivity contribution in [2.75, 3.05) is 33.9 Å². The molecule has 13 heavy (non-hydrogen) atoms. The Morgan fingerprint density at radius 3 is 2.46 bits per heavy atom. The Morgan fingerprint density at radius 1 is 1.23 bits per heavy atom. The smallest absolute Gasteiger partial charge is 0.135 e. The van der Waals surface area contributed by atoms with Gasteiger partial charge in [0.25, 0.3) is 0 Å². The van der Waals surface area contributed by atoms with Crippen LogP contribution in [0.15, 0.2) is 0 Å². The molecule has 78 valence electrons. The molecule has 0 saturated carbocycles. The summed E-state index contributed by atoms with van der Waals surface area (Å²) in [6.45, 7) is 8.41. The first-order valence-corrected chi connectivity index (χ1v) is 5.65. The minimum Gasteiger partial charge on any atom is -0.312 e. The van der Waals surface area contributed by atoms with Crippen LogP contribution in [0.3, 0.4) is 0 Å². The maximum absolute atomic E-state index is 2.61. The third kappa shape index (κ3) is 2.68. The van der Waals surface area contributed by atoms with E-state index in [0.717, 1.165) is 6.04 Å². The van der Waals surface area contributed by atoms with E-state index >= 15 is 0 Å². The average Bonchev–Trinajstić information content (AvgIpc) is 2.28. The predicted molar refractivity (Wildman–Crippen MR) is 57.5 cm³/mol. The van der Waals surface area contributed by atoms with E-state index < -0.39 is 0 Å². The lowest BCUT2D eigenvalue weighted by atomic mass is 10.1. The molecule has 1 aliphatic heterocycles. The predicted octanol–water partition coefficient (Wildman–Crippen LogP) is 1.91. The van der Waals surface area contributed by atoms with E-state index in [1.54, 1.807) is 0 Å². The molecule has 0 aromatic heterocycles. The van der Waals surface area contributed by atoms with Crippen LogP contribution in [0.2, 0.25) is 0 Å². The van der Waals surface area contributed by atoms with Crippen molar-refractivity contribution in [3.05, 3.63) is 0 Å². The molecule has 1 rings (SSSR count). The summed E-state index contributed by atoms with van der Waals surface area (Å²) in [7, 11) is 4.74. The highest BCUT2D eigenvalue weighted by atomic mass is 15.5. The van der Waals surface area contributed by atoms with Crippen LogP contribution in [0.4, 0.5) is 0 Å². The molecule has 0 bridgehead atoms. The zero-order valence-corrected chi connectivity index (χ0v) is 9.71. The lowest BCUT2D eigenvalue weighted by Crippen LogP contribution is -2.45. The van der Waals surface area contributed by atoms with Crippen molar-refractivity contribution in [3.8, 4) is 0 Å². The van der Waals surface area contributed by atoms with E-state index in [1.165, 1.54) is 43.5 Å². The van der Waals surface area contributed by atoms with E-state index in [2.05, 4.69) is 32.8 Å². The van der Waals surface area contributed by atoms with Crippen molar-refractivity contribution in [2.45, 2.75) is 39.2 Å². The second kappa shape index (κ2) is 4.43. The fourth-order valence-corrected chi connectivity index (χ4v) is 2.46. The van der Waals surface area contributed by atoms with E-state index in [1.807, 2.05) is 0 Å². The second-order valence-electron chi connectivity index (χ2n) is 4.94. The lowest BCUT2D eigenvalue weighted by Gasteiger charge is -2.30. The monoisotopic (exact) mass is 185 g/mol. The molecule has 0 aliphatic carbocycles. The first kappa shape index (κ1) is 11.0. The zero-order chi connectivity index (χ0) is 9.90. The molecule has 2 nitrogen and oxygen atoms in total. The van der Waals surface area contributed by atoms with Gasteiger partial charge >= 0.3 is 0 Å². The lowest BCUT2D eigenvalue weighted by molar-refractivity contribution is -0.905. The number of hydrogen-bond acceptors (Lipinski definition) is 1. The summed E-state index contributed by atoms with van der Waals surface area (Å²) in [4.78, 5) is 2.61. The van der Waals surface area contributed by atoms with Gasteiger partial charge in [0, 0.05) is 13.0 Å². The van der Waals surface area contributed by atoms with Crippen LogP contribution in [0.5, 0.6) is 0 Å². The Balaban J connectivity index is 2.47. The Kier molecular flexibility index (Phi) is 3.74. The molecule has 1 fully saturated rings. The largest absolute Gasteiger partial charge is 0.312 e. The van der Waals surface area contributed by atoms with E-state index in [4.69, 9.17) is 0 Å². The Morgan fingerprint density at radius 2 is 1.92 bits per heavy atom. The third-order valence-electron chi connectivity index (χ3n) is 3.18. The van der Waals surface area contributed by atoms with Gasteiger partial charge in [0.15, 0.2) is 0 Å². The number of likely N-dealkylation sites (N-methyl/N-ethyl adjacent to an activating group) is 1. The van der Waals surface area contributed by atoms with Gasteiger partial charge in [0.1, 0.15) is 12.7 Å². The van der Waals surface area contributed by atoms with Gasteiger partial charge in [-0.25, -0.2) is 0 Å². The maximum Gasteiger partial charge on any atom is 0.135 e. The van der Waals surface area contributed by atoms with Gasteiger partial charge in [0.2, 0.25) is 0 Å². The number of hydrogen-bond donors (Lipinski definition) is 0. The summed E-state index contributed by atoms with van der Waals surface area (Å²) >= 11 is 0. The highest BCUT2D eigenvalue weighted by molar-refractivity contribution is 4.70. The molecule has 1 heterocycles. The molecule has 0 spiro atoms. The SMILES string of the molecule is CCCC1CN(CCC)C[N+]1(C)C. The fraction of sp³-hybridized carbons (Fsp3) is 1.00. The molecule has 2 heteroatoms. The summed E-state index contributed by atoms with van der Waals surface area (Å²) in [5.74, 6) is 0. The quantitative estimate of drug-likeness (QED) is 0.605. The van der Waals surface area contributed by atoms with Crippen molar-refractivity contribution >= 4 is 0 Å². The first-order chi connectivity index (χ1) is 6.10. The zero-order valence-electron chi connectivity index (χ0n) is 9.71.